The molecule has 5 heteroatoms. The summed E-state index contributed by atoms with van der Waals surface area (Å²) >= 11 is 0. The lowest BCUT2D eigenvalue weighted by molar-refractivity contribution is -0.120. The van der Waals surface area contributed by atoms with Gasteiger partial charge in [0.1, 0.15) is 5.75 Å². The zero-order chi connectivity index (χ0) is 18.2. The zero-order valence-corrected chi connectivity index (χ0v) is 15.6. The summed E-state index contributed by atoms with van der Waals surface area (Å²) in [5.41, 5.74) is 1.35. The minimum atomic E-state index is -0.0364. The van der Waals surface area contributed by atoms with Gasteiger partial charge in [-0.1, -0.05) is 6.42 Å². The Labute approximate surface area is 150 Å². The fourth-order valence-corrected chi connectivity index (χ4v) is 3.37. The van der Waals surface area contributed by atoms with Gasteiger partial charge in [-0.25, -0.2) is 0 Å². The number of likely N-dealkylation sites (tertiary alicyclic amines) is 1. The molecule has 1 atom stereocenters. The Morgan fingerprint density at radius 2 is 2.12 bits per heavy atom. The summed E-state index contributed by atoms with van der Waals surface area (Å²) < 4.78 is 5.30. The number of nitrogens with zero attached hydrogens (tertiary/aromatic N) is 1. The number of ketones is 1. The van der Waals surface area contributed by atoms with Gasteiger partial charge in [0.2, 0.25) is 5.91 Å². The molecule has 1 fully saturated rings. The minimum absolute atomic E-state index is 0.0139. The topological polar surface area (TPSA) is 58.6 Å². The van der Waals surface area contributed by atoms with Crippen LogP contribution in [0.3, 0.4) is 0 Å². The van der Waals surface area contributed by atoms with Crippen molar-refractivity contribution >= 4 is 11.7 Å². The third kappa shape index (κ3) is 5.85. The molecule has 1 heterocycles. The molecule has 138 valence electrons. The van der Waals surface area contributed by atoms with Crippen LogP contribution in [-0.4, -0.2) is 49.4 Å². The maximum atomic E-state index is 12.2. The number of piperidine rings is 1. The van der Waals surface area contributed by atoms with Gasteiger partial charge in [-0.05, 0) is 57.9 Å². The van der Waals surface area contributed by atoms with Crippen molar-refractivity contribution in [1.82, 2.24) is 10.2 Å². The second kappa shape index (κ2) is 9.56. The molecule has 0 aromatic heterocycles. The zero-order valence-electron chi connectivity index (χ0n) is 15.6. The summed E-state index contributed by atoms with van der Waals surface area (Å²) in [5, 5.41) is 2.98. The molecule has 1 aliphatic heterocycles. The van der Waals surface area contributed by atoms with Crippen LogP contribution in [0.15, 0.2) is 18.2 Å². The Morgan fingerprint density at radius 3 is 2.80 bits per heavy atom. The van der Waals surface area contributed by atoms with Crippen molar-refractivity contribution in [3.05, 3.63) is 29.3 Å². The number of ether oxygens (including phenoxy) is 1. The number of nitrogens with one attached hydrogen (secondary N) is 1. The average Bonchev–Trinajstić information content (AvgIpc) is 2.60. The summed E-state index contributed by atoms with van der Waals surface area (Å²) in [4.78, 5) is 26.2. The molecule has 0 spiro atoms. The van der Waals surface area contributed by atoms with E-state index in [0.29, 0.717) is 23.9 Å². The number of amides is 1. The van der Waals surface area contributed by atoms with E-state index < -0.39 is 0 Å². The van der Waals surface area contributed by atoms with Gasteiger partial charge in [0.05, 0.1) is 13.5 Å². The monoisotopic (exact) mass is 346 g/mol. The van der Waals surface area contributed by atoms with E-state index in [0.717, 1.165) is 18.5 Å². The highest BCUT2D eigenvalue weighted by Crippen LogP contribution is 2.21. The SMILES string of the molecule is COc1ccc(C(C)=O)cc1CC(=O)NCCCN1CCCCC1C. The normalized spacial score (nSPS) is 18.0. The van der Waals surface area contributed by atoms with Gasteiger partial charge in [0, 0.05) is 30.3 Å². The van der Waals surface area contributed by atoms with Crippen molar-refractivity contribution in [2.75, 3.05) is 26.7 Å². The molecule has 5 nitrogen and oxygen atoms in total. The maximum Gasteiger partial charge on any atom is 0.224 e. The van der Waals surface area contributed by atoms with E-state index >= 15 is 0 Å². The molecule has 1 saturated heterocycles. The largest absolute Gasteiger partial charge is 0.496 e. The fraction of sp³-hybridized carbons (Fsp3) is 0.600. The molecule has 1 aromatic carbocycles. The standard InChI is InChI=1S/C20H30N2O3/c1-15-7-4-5-11-22(15)12-6-10-21-20(24)14-18-13-17(16(2)23)8-9-19(18)25-3/h8-9,13,15H,4-7,10-12,14H2,1-3H3,(H,21,24). The van der Waals surface area contributed by atoms with Crippen molar-refractivity contribution in [2.45, 2.75) is 52.0 Å². The lowest BCUT2D eigenvalue weighted by Gasteiger charge is -2.33. The predicted molar refractivity (Wildman–Crippen MR) is 99.2 cm³/mol. The highest BCUT2D eigenvalue weighted by molar-refractivity contribution is 5.94. The van der Waals surface area contributed by atoms with Crippen LogP contribution < -0.4 is 10.1 Å². The highest BCUT2D eigenvalue weighted by Gasteiger charge is 2.17. The second-order valence-corrected chi connectivity index (χ2v) is 6.84. The van der Waals surface area contributed by atoms with Crippen molar-refractivity contribution in [2.24, 2.45) is 0 Å². The Bertz CT molecular complexity index is 601. The Morgan fingerprint density at radius 1 is 1.32 bits per heavy atom. The van der Waals surface area contributed by atoms with Crippen LogP contribution in [0, 0.1) is 0 Å². The Kier molecular flexibility index (Phi) is 7.44. The first kappa shape index (κ1) is 19.4. The lowest BCUT2D eigenvalue weighted by atomic mass is 10.0. The number of carbonyl (C=O) groups excluding carboxylic acids is 2. The van der Waals surface area contributed by atoms with E-state index in [9.17, 15) is 9.59 Å². The van der Waals surface area contributed by atoms with Crippen LogP contribution in [0.1, 0.15) is 55.5 Å². The molecule has 0 aliphatic carbocycles. The lowest BCUT2D eigenvalue weighted by Crippen LogP contribution is -2.39. The molecule has 0 bridgehead atoms. The molecular formula is C20H30N2O3. The first-order chi connectivity index (χ1) is 12.0. The number of hydrogen-bond donors (Lipinski definition) is 1. The van der Waals surface area contributed by atoms with Crippen molar-refractivity contribution in [3.63, 3.8) is 0 Å². The molecule has 1 amide bonds. The quantitative estimate of drug-likeness (QED) is 0.581. The first-order valence-electron chi connectivity index (χ1n) is 9.20. The predicted octanol–water partition coefficient (Wildman–Crippen LogP) is 2.82. The van der Waals surface area contributed by atoms with E-state index in [4.69, 9.17) is 4.74 Å². The second-order valence-electron chi connectivity index (χ2n) is 6.84. The van der Waals surface area contributed by atoms with E-state index in [-0.39, 0.29) is 18.1 Å². The van der Waals surface area contributed by atoms with Crippen LogP contribution in [0.2, 0.25) is 0 Å². The van der Waals surface area contributed by atoms with Crippen LogP contribution in [0.4, 0.5) is 0 Å². The van der Waals surface area contributed by atoms with E-state index in [1.165, 1.54) is 32.7 Å². The van der Waals surface area contributed by atoms with Gasteiger partial charge < -0.3 is 15.0 Å². The highest BCUT2D eigenvalue weighted by atomic mass is 16.5. The number of methoxy groups -OCH3 is 1. The molecule has 1 unspecified atom stereocenters. The fourth-order valence-electron chi connectivity index (χ4n) is 3.37. The van der Waals surface area contributed by atoms with Crippen molar-refractivity contribution in [3.8, 4) is 5.75 Å². The molecule has 25 heavy (non-hydrogen) atoms. The Hall–Kier alpha value is -1.88. The number of hydrogen-bond acceptors (Lipinski definition) is 4. The first-order valence-corrected chi connectivity index (χ1v) is 9.20. The third-order valence-electron chi connectivity index (χ3n) is 4.92. The van der Waals surface area contributed by atoms with Gasteiger partial charge in [0.25, 0.3) is 0 Å². The van der Waals surface area contributed by atoms with E-state index in [1.807, 2.05) is 0 Å². The average molecular weight is 346 g/mol. The van der Waals surface area contributed by atoms with Gasteiger partial charge >= 0.3 is 0 Å². The minimum Gasteiger partial charge on any atom is -0.496 e. The number of benzene rings is 1. The van der Waals surface area contributed by atoms with Gasteiger partial charge in [-0.2, -0.15) is 0 Å². The molecule has 2 rings (SSSR count). The Balaban J connectivity index is 1.79. The van der Waals surface area contributed by atoms with Crippen LogP contribution in [-0.2, 0) is 11.2 Å². The molecule has 1 aliphatic rings. The summed E-state index contributed by atoms with van der Waals surface area (Å²) in [7, 11) is 1.57. The summed E-state index contributed by atoms with van der Waals surface area (Å²) in [5.74, 6) is 0.591. The van der Waals surface area contributed by atoms with Crippen LogP contribution in [0.25, 0.3) is 0 Å². The van der Waals surface area contributed by atoms with Crippen molar-refractivity contribution < 1.29 is 14.3 Å². The van der Waals surface area contributed by atoms with Crippen LogP contribution in [0.5, 0.6) is 5.75 Å². The van der Waals surface area contributed by atoms with Gasteiger partial charge in [-0.15, -0.1) is 0 Å². The summed E-state index contributed by atoms with van der Waals surface area (Å²) in [6.07, 6.45) is 5.07. The number of Topliss-reactive ketones (excluding diaryl/α,β-unsaturated/α-hetero) is 1. The third-order valence-corrected chi connectivity index (χ3v) is 4.92. The molecule has 0 radical (unpaired) electrons. The molecule has 1 aromatic rings. The smallest absolute Gasteiger partial charge is 0.224 e. The molecule has 0 saturated carbocycles. The van der Waals surface area contributed by atoms with E-state index in [1.54, 1.807) is 25.3 Å². The number of carbonyl (C=O) groups is 2. The van der Waals surface area contributed by atoms with Gasteiger partial charge in [0.15, 0.2) is 5.78 Å². The summed E-state index contributed by atoms with van der Waals surface area (Å²) in [6.45, 7) is 6.69. The molecular weight excluding hydrogens is 316 g/mol. The van der Waals surface area contributed by atoms with Crippen LogP contribution >= 0.6 is 0 Å². The van der Waals surface area contributed by atoms with Gasteiger partial charge in [-0.3, -0.25) is 9.59 Å². The summed E-state index contributed by atoms with van der Waals surface area (Å²) in [6, 6.07) is 5.87. The maximum absolute atomic E-state index is 12.2. The van der Waals surface area contributed by atoms with E-state index in [2.05, 4.69) is 17.1 Å². The van der Waals surface area contributed by atoms with Crippen molar-refractivity contribution in [1.29, 1.82) is 0 Å². The molecule has 1 N–H and O–H groups in total. The number of rotatable bonds is 8.